The van der Waals surface area contributed by atoms with Crippen molar-refractivity contribution in [2.45, 2.75) is 31.6 Å². The van der Waals surface area contributed by atoms with E-state index in [2.05, 4.69) is 15.3 Å². The summed E-state index contributed by atoms with van der Waals surface area (Å²) in [5.74, 6) is -3.80. The third-order valence-electron chi connectivity index (χ3n) is 6.17. The number of aryl methyl sites for hydroxylation is 1. The van der Waals surface area contributed by atoms with Gasteiger partial charge in [-0.15, -0.1) is 0 Å². The van der Waals surface area contributed by atoms with Crippen LogP contribution in [0.15, 0.2) is 48.7 Å². The number of rotatable bonds is 9. The van der Waals surface area contributed by atoms with Crippen LogP contribution in [0.1, 0.15) is 46.1 Å². The van der Waals surface area contributed by atoms with Gasteiger partial charge in [-0.1, -0.05) is 6.07 Å². The smallest absolute Gasteiger partial charge is 0.317 e. The van der Waals surface area contributed by atoms with Crippen molar-refractivity contribution >= 4 is 11.6 Å². The van der Waals surface area contributed by atoms with Gasteiger partial charge in [0, 0.05) is 48.3 Å². The molecule has 1 fully saturated rings. The Morgan fingerprint density at radius 2 is 1.97 bits per heavy atom. The molecule has 0 radical (unpaired) electrons. The van der Waals surface area contributed by atoms with Gasteiger partial charge in [0.2, 0.25) is 5.88 Å². The molecule has 0 aliphatic carbocycles. The lowest BCUT2D eigenvalue weighted by atomic mass is 9.92. The first-order chi connectivity index (χ1) is 17.8. The minimum Gasteiger partial charge on any atom is -0.475 e. The number of anilines is 1. The van der Waals surface area contributed by atoms with Crippen LogP contribution in [0.2, 0.25) is 0 Å². The van der Waals surface area contributed by atoms with Crippen LogP contribution in [-0.4, -0.2) is 54.1 Å². The first-order valence-electron chi connectivity index (χ1n) is 12.0. The lowest BCUT2D eigenvalue weighted by Gasteiger charge is -2.23. The third kappa shape index (κ3) is 6.44. The maximum Gasteiger partial charge on any atom is 0.317 e. The molecule has 7 nitrogen and oxygen atoms in total. The van der Waals surface area contributed by atoms with Crippen LogP contribution in [0.4, 0.5) is 18.9 Å². The van der Waals surface area contributed by atoms with E-state index in [0.29, 0.717) is 24.8 Å². The van der Waals surface area contributed by atoms with Crippen LogP contribution < -0.4 is 10.1 Å². The highest BCUT2D eigenvalue weighted by Gasteiger charge is 2.34. The molecule has 1 aliphatic rings. The van der Waals surface area contributed by atoms with Gasteiger partial charge in [0.1, 0.15) is 12.3 Å². The van der Waals surface area contributed by atoms with Crippen molar-refractivity contribution in [1.29, 1.82) is 0 Å². The summed E-state index contributed by atoms with van der Waals surface area (Å²) >= 11 is 0. The molecule has 0 atom stereocenters. The number of aliphatic hydroxyl groups is 1. The van der Waals surface area contributed by atoms with E-state index in [1.54, 1.807) is 18.2 Å². The molecule has 2 N–H and O–H groups in total. The standard InChI is InChI=1S/C27H28F3N3O4/c1-17-2-3-21(32-26(35)19-4-7-31-24(13-19)27(29,30)16-28)15-22(17)20-12-23(18-5-9-36-10-6-18)33-25(14-20)37-11-8-34/h2-4,7,12-15,18,34H,5-6,8-11,16H2,1H3,(H,32,35). The largest absolute Gasteiger partial charge is 0.475 e. The number of hydrogen-bond donors (Lipinski definition) is 2. The van der Waals surface area contributed by atoms with Crippen LogP contribution in [0, 0.1) is 6.92 Å². The van der Waals surface area contributed by atoms with Gasteiger partial charge < -0.3 is 19.9 Å². The molecule has 0 bridgehead atoms. The Balaban J connectivity index is 1.63. The molecule has 3 heterocycles. The lowest BCUT2D eigenvalue weighted by Crippen LogP contribution is -2.20. The molecule has 1 amide bonds. The Bertz CT molecular complexity index is 1250. The van der Waals surface area contributed by atoms with Gasteiger partial charge in [0.05, 0.1) is 6.61 Å². The highest BCUT2D eigenvalue weighted by molar-refractivity contribution is 6.04. The predicted octanol–water partition coefficient (Wildman–Crippen LogP) is 5.03. The van der Waals surface area contributed by atoms with Crippen LogP contribution in [-0.2, 0) is 10.7 Å². The monoisotopic (exact) mass is 515 g/mol. The van der Waals surface area contributed by atoms with Gasteiger partial charge in [-0.05, 0) is 66.8 Å². The van der Waals surface area contributed by atoms with E-state index in [-0.39, 0.29) is 24.7 Å². The van der Waals surface area contributed by atoms with Crippen LogP contribution in [0.5, 0.6) is 5.88 Å². The molecule has 4 rings (SSSR count). The maximum atomic E-state index is 13.7. The fraction of sp³-hybridized carbons (Fsp3) is 0.370. The van der Waals surface area contributed by atoms with Crippen molar-refractivity contribution in [2.75, 3.05) is 38.4 Å². The molecule has 10 heteroatoms. The highest BCUT2D eigenvalue weighted by Crippen LogP contribution is 2.34. The Morgan fingerprint density at radius 1 is 1.19 bits per heavy atom. The van der Waals surface area contributed by atoms with Crippen LogP contribution in [0.25, 0.3) is 11.1 Å². The molecule has 2 aromatic heterocycles. The molecular formula is C27H28F3N3O4. The van der Waals surface area contributed by atoms with Gasteiger partial charge in [-0.2, -0.15) is 8.78 Å². The maximum absolute atomic E-state index is 13.7. The zero-order valence-corrected chi connectivity index (χ0v) is 20.3. The van der Waals surface area contributed by atoms with Crippen molar-refractivity contribution in [1.82, 2.24) is 9.97 Å². The van der Waals surface area contributed by atoms with Gasteiger partial charge in [-0.3, -0.25) is 9.78 Å². The summed E-state index contributed by atoms with van der Waals surface area (Å²) in [7, 11) is 0. The van der Waals surface area contributed by atoms with E-state index in [1.165, 1.54) is 6.07 Å². The fourth-order valence-electron chi connectivity index (χ4n) is 4.16. The average Bonchev–Trinajstić information content (AvgIpc) is 2.93. The second-order valence-electron chi connectivity index (χ2n) is 8.83. The molecule has 0 spiro atoms. The number of alkyl halides is 3. The highest BCUT2D eigenvalue weighted by atomic mass is 19.3. The molecule has 1 aromatic carbocycles. The summed E-state index contributed by atoms with van der Waals surface area (Å²) in [5.41, 5.74) is 3.02. The van der Waals surface area contributed by atoms with Crippen LogP contribution >= 0.6 is 0 Å². The number of carbonyl (C=O) groups is 1. The van der Waals surface area contributed by atoms with Crippen molar-refractivity contribution in [3.05, 3.63) is 71.2 Å². The van der Waals surface area contributed by atoms with E-state index in [4.69, 9.17) is 9.47 Å². The van der Waals surface area contributed by atoms with Crippen molar-refractivity contribution in [3.8, 4) is 17.0 Å². The number of hydrogen-bond acceptors (Lipinski definition) is 6. The van der Waals surface area contributed by atoms with Gasteiger partial charge in [0.25, 0.3) is 5.91 Å². The number of benzene rings is 1. The summed E-state index contributed by atoms with van der Waals surface area (Å²) in [4.78, 5) is 20.9. The van der Waals surface area contributed by atoms with Crippen molar-refractivity contribution in [3.63, 3.8) is 0 Å². The summed E-state index contributed by atoms with van der Waals surface area (Å²) in [6.07, 6.45) is 2.72. The number of nitrogens with zero attached hydrogens (tertiary/aromatic N) is 2. The summed E-state index contributed by atoms with van der Waals surface area (Å²) in [5, 5.41) is 11.9. The van der Waals surface area contributed by atoms with E-state index in [9.17, 15) is 23.1 Å². The molecule has 1 aliphatic heterocycles. The van der Waals surface area contributed by atoms with Crippen LogP contribution in [0.3, 0.4) is 0 Å². The molecule has 37 heavy (non-hydrogen) atoms. The first-order valence-corrected chi connectivity index (χ1v) is 12.0. The zero-order chi connectivity index (χ0) is 26.4. The predicted molar refractivity (Wildman–Crippen MR) is 132 cm³/mol. The Kier molecular flexibility index (Phi) is 8.40. The summed E-state index contributed by atoms with van der Waals surface area (Å²) < 4.78 is 51.2. The molecule has 196 valence electrons. The average molecular weight is 516 g/mol. The normalized spacial score (nSPS) is 14.4. The number of aromatic nitrogens is 2. The number of amides is 1. The van der Waals surface area contributed by atoms with E-state index < -0.39 is 24.2 Å². The number of halogens is 3. The van der Waals surface area contributed by atoms with Gasteiger partial charge >= 0.3 is 5.92 Å². The minimum absolute atomic E-state index is 0.0642. The molecule has 3 aromatic rings. The SMILES string of the molecule is Cc1ccc(NC(=O)c2ccnc(C(F)(F)CF)c2)cc1-c1cc(OCCO)nc(C2CCOCC2)c1. The number of carbonyl (C=O) groups excluding carboxylic acids is 1. The second-order valence-corrected chi connectivity index (χ2v) is 8.83. The Labute approximate surface area is 212 Å². The quantitative estimate of drug-likeness (QED) is 0.415. The zero-order valence-electron chi connectivity index (χ0n) is 20.3. The number of ether oxygens (including phenoxy) is 2. The fourth-order valence-corrected chi connectivity index (χ4v) is 4.16. The number of nitrogens with one attached hydrogen (secondary N) is 1. The first kappa shape index (κ1) is 26.6. The Morgan fingerprint density at radius 3 is 2.70 bits per heavy atom. The topological polar surface area (TPSA) is 93.6 Å². The third-order valence-corrected chi connectivity index (χ3v) is 6.17. The molecule has 0 unspecified atom stereocenters. The second kappa shape index (κ2) is 11.7. The molecule has 1 saturated heterocycles. The number of pyridine rings is 2. The molecular weight excluding hydrogens is 487 g/mol. The van der Waals surface area contributed by atoms with Crippen molar-refractivity contribution < 1.29 is 32.5 Å². The molecule has 0 saturated carbocycles. The Hall–Kier alpha value is -3.50. The summed E-state index contributed by atoms with van der Waals surface area (Å²) in [6.45, 7) is 1.28. The number of aliphatic hydroxyl groups excluding tert-OH is 1. The lowest BCUT2D eigenvalue weighted by molar-refractivity contribution is -0.0322. The van der Waals surface area contributed by atoms with E-state index in [0.717, 1.165) is 47.5 Å². The summed E-state index contributed by atoms with van der Waals surface area (Å²) in [6, 6.07) is 11.3. The van der Waals surface area contributed by atoms with Gasteiger partial charge in [-0.25, -0.2) is 9.37 Å². The van der Waals surface area contributed by atoms with Gasteiger partial charge in [0.15, 0.2) is 6.67 Å². The van der Waals surface area contributed by atoms with E-state index in [1.807, 2.05) is 19.1 Å². The minimum atomic E-state index is -3.77. The van der Waals surface area contributed by atoms with E-state index >= 15 is 0 Å². The van der Waals surface area contributed by atoms with Crippen molar-refractivity contribution in [2.24, 2.45) is 0 Å².